The first-order valence-corrected chi connectivity index (χ1v) is 16.5. The van der Waals surface area contributed by atoms with Crippen molar-refractivity contribution in [2.45, 2.75) is 51.7 Å². The van der Waals surface area contributed by atoms with Crippen molar-refractivity contribution in [1.29, 1.82) is 0 Å². The Labute approximate surface area is 281 Å². The van der Waals surface area contributed by atoms with E-state index in [4.69, 9.17) is 14.2 Å². The van der Waals surface area contributed by atoms with Crippen LogP contribution in [0.15, 0.2) is 109 Å². The molecule has 12 heteroatoms. The standard InChI is InChI=1S/C36H44N8O4/c1-5-7-8-9-28(3)36(26-43-37-18-19-38-43)47-25-34(48-36)24-46-33-16-14-31(15-17-33)41-22-20-40(21-23-41)30-10-12-32(13-11-30)42-27-39-44(35(42)45)29(4)6-2/h5,7-19,27,29,34H,3,6,20-26H2,1-2,4H3/b7-5-,9-8-/t29-,34+,36+/m0/s1. The molecular formula is C36H44N8O4. The zero-order chi connectivity index (χ0) is 33.5. The van der Waals surface area contributed by atoms with E-state index < -0.39 is 5.79 Å². The van der Waals surface area contributed by atoms with Crippen LogP contribution in [-0.4, -0.2) is 80.6 Å². The molecule has 0 bridgehead atoms. The van der Waals surface area contributed by atoms with E-state index in [0.717, 1.165) is 55.4 Å². The third-order valence-corrected chi connectivity index (χ3v) is 8.88. The first-order valence-electron chi connectivity index (χ1n) is 16.5. The summed E-state index contributed by atoms with van der Waals surface area (Å²) in [6.45, 7) is 14.8. The van der Waals surface area contributed by atoms with Gasteiger partial charge in [-0.2, -0.15) is 20.1 Å². The summed E-state index contributed by atoms with van der Waals surface area (Å²) in [5.74, 6) is -0.302. The molecule has 252 valence electrons. The first kappa shape index (κ1) is 33.0. The SMILES string of the molecule is C=C(/C=C\C=C/C)[C@]1(Cn2nccn2)OC[C@@H](COc2ccc(N3CCN(c4ccc(-n5cnn([C@@H](C)CC)c5=O)cc4)CC3)cc2)O1. The smallest absolute Gasteiger partial charge is 0.350 e. The Morgan fingerprint density at radius 1 is 0.979 bits per heavy atom. The quantitative estimate of drug-likeness (QED) is 0.188. The fraction of sp³-hybridized carbons (Fsp3) is 0.389. The molecule has 0 unspecified atom stereocenters. The monoisotopic (exact) mass is 652 g/mol. The van der Waals surface area contributed by atoms with Gasteiger partial charge >= 0.3 is 5.69 Å². The molecule has 0 radical (unpaired) electrons. The number of nitrogens with zero attached hydrogens (tertiary/aromatic N) is 8. The summed E-state index contributed by atoms with van der Waals surface area (Å²) in [4.78, 5) is 19.1. The van der Waals surface area contributed by atoms with Crippen LogP contribution >= 0.6 is 0 Å². The van der Waals surface area contributed by atoms with Crippen LogP contribution < -0.4 is 20.2 Å². The van der Waals surface area contributed by atoms with Crippen molar-refractivity contribution in [2.24, 2.45) is 0 Å². The van der Waals surface area contributed by atoms with E-state index in [0.29, 0.717) is 18.8 Å². The van der Waals surface area contributed by atoms with Crippen LogP contribution in [0.1, 0.15) is 33.2 Å². The normalized spacial score (nSPS) is 20.6. The number of piperazine rings is 1. The lowest BCUT2D eigenvalue weighted by atomic mass is 10.1. The average molecular weight is 653 g/mol. The molecule has 0 saturated carbocycles. The maximum absolute atomic E-state index is 12.8. The largest absolute Gasteiger partial charge is 0.491 e. The Bertz CT molecular complexity index is 1750. The summed E-state index contributed by atoms with van der Waals surface area (Å²) in [5, 5.41) is 12.8. The summed E-state index contributed by atoms with van der Waals surface area (Å²) in [7, 11) is 0. The molecule has 2 aliphatic rings. The van der Waals surface area contributed by atoms with Gasteiger partial charge in [0, 0.05) is 43.1 Å². The summed E-state index contributed by atoms with van der Waals surface area (Å²) in [5.41, 5.74) is 3.69. The number of benzene rings is 2. The Balaban J connectivity index is 0.999. The van der Waals surface area contributed by atoms with Gasteiger partial charge < -0.3 is 24.0 Å². The van der Waals surface area contributed by atoms with Crippen LogP contribution in [0.4, 0.5) is 11.4 Å². The first-order chi connectivity index (χ1) is 23.4. The average Bonchev–Trinajstić information content (AvgIpc) is 3.89. The van der Waals surface area contributed by atoms with Crippen molar-refractivity contribution in [3.8, 4) is 11.4 Å². The summed E-state index contributed by atoms with van der Waals surface area (Å²) >= 11 is 0. The molecule has 12 nitrogen and oxygen atoms in total. The Morgan fingerprint density at radius 2 is 1.60 bits per heavy atom. The Hall–Kier alpha value is -4.94. The number of rotatable bonds is 13. The second-order valence-electron chi connectivity index (χ2n) is 12.1. The molecule has 2 saturated heterocycles. The lowest BCUT2D eigenvalue weighted by Crippen LogP contribution is -2.46. The van der Waals surface area contributed by atoms with E-state index in [1.807, 2.05) is 62.4 Å². The number of hydrogen-bond acceptors (Lipinski definition) is 9. The van der Waals surface area contributed by atoms with E-state index in [1.54, 1.807) is 32.8 Å². The highest BCUT2D eigenvalue weighted by Crippen LogP contribution is 2.33. The zero-order valence-electron chi connectivity index (χ0n) is 27.9. The maximum atomic E-state index is 12.8. The Morgan fingerprint density at radius 3 is 2.23 bits per heavy atom. The predicted octanol–water partition coefficient (Wildman–Crippen LogP) is 4.80. The number of aromatic nitrogens is 6. The van der Waals surface area contributed by atoms with Gasteiger partial charge in [0.1, 0.15) is 31.3 Å². The van der Waals surface area contributed by atoms with E-state index in [1.165, 1.54) is 0 Å². The van der Waals surface area contributed by atoms with Crippen LogP contribution in [-0.2, 0) is 16.0 Å². The fourth-order valence-electron chi connectivity index (χ4n) is 5.88. The molecule has 2 aromatic carbocycles. The van der Waals surface area contributed by atoms with Crippen LogP contribution in [0.5, 0.6) is 5.75 Å². The molecule has 4 aromatic rings. The van der Waals surface area contributed by atoms with Gasteiger partial charge in [-0.05, 0) is 68.8 Å². The topological polar surface area (TPSA) is 105 Å². The molecule has 6 rings (SSSR count). The van der Waals surface area contributed by atoms with Gasteiger partial charge in [0.15, 0.2) is 0 Å². The number of allylic oxidation sites excluding steroid dienone is 3. The van der Waals surface area contributed by atoms with Gasteiger partial charge in [0.2, 0.25) is 5.79 Å². The molecule has 3 atom stereocenters. The highest BCUT2D eigenvalue weighted by molar-refractivity contribution is 5.54. The fourth-order valence-corrected chi connectivity index (χ4v) is 5.88. The van der Waals surface area contributed by atoms with Crippen molar-refractivity contribution >= 4 is 11.4 Å². The van der Waals surface area contributed by atoms with Gasteiger partial charge in [0.05, 0.1) is 30.7 Å². The lowest BCUT2D eigenvalue weighted by molar-refractivity contribution is -0.151. The predicted molar refractivity (Wildman–Crippen MR) is 186 cm³/mol. The van der Waals surface area contributed by atoms with E-state index in [-0.39, 0.29) is 24.4 Å². The van der Waals surface area contributed by atoms with E-state index >= 15 is 0 Å². The molecule has 2 aliphatic heterocycles. The number of anilines is 2. The van der Waals surface area contributed by atoms with Crippen LogP contribution in [0, 0.1) is 0 Å². The second-order valence-corrected chi connectivity index (χ2v) is 12.1. The van der Waals surface area contributed by atoms with Crippen molar-refractivity contribution in [1.82, 2.24) is 29.3 Å². The highest BCUT2D eigenvalue weighted by Gasteiger charge is 2.44. The van der Waals surface area contributed by atoms with Crippen LogP contribution in [0.25, 0.3) is 5.69 Å². The van der Waals surface area contributed by atoms with Gasteiger partial charge in [-0.1, -0.05) is 37.8 Å². The van der Waals surface area contributed by atoms with Gasteiger partial charge in [0.25, 0.3) is 0 Å². The molecule has 48 heavy (non-hydrogen) atoms. The number of hydrogen-bond donors (Lipinski definition) is 0. The van der Waals surface area contributed by atoms with Gasteiger partial charge in [-0.15, -0.1) is 0 Å². The minimum atomic E-state index is -1.07. The van der Waals surface area contributed by atoms with Crippen molar-refractivity contribution in [2.75, 3.05) is 49.2 Å². The molecule has 0 aliphatic carbocycles. The third kappa shape index (κ3) is 7.29. The molecule has 0 spiro atoms. The molecule has 2 fully saturated rings. The minimum absolute atomic E-state index is 0.0695. The second kappa shape index (κ2) is 14.9. The van der Waals surface area contributed by atoms with Crippen LogP contribution in [0.2, 0.25) is 0 Å². The molecule has 2 aromatic heterocycles. The van der Waals surface area contributed by atoms with E-state index in [2.05, 4.69) is 62.9 Å². The molecule has 0 N–H and O–H groups in total. The van der Waals surface area contributed by atoms with Crippen molar-refractivity contribution in [3.05, 3.63) is 114 Å². The van der Waals surface area contributed by atoms with E-state index in [9.17, 15) is 4.79 Å². The minimum Gasteiger partial charge on any atom is -0.491 e. The molecule has 4 heterocycles. The summed E-state index contributed by atoms with van der Waals surface area (Å²) in [6, 6.07) is 16.4. The molecular weight excluding hydrogens is 608 g/mol. The highest BCUT2D eigenvalue weighted by atomic mass is 16.8. The lowest BCUT2D eigenvalue weighted by Gasteiger charge is -2.37. The van der Waals surface area contributed by atoms with Gasteiger partial charge in [-0.25, -0.2) is 14.0 Å². The maximum Gasteiger partial charge on any atom is 0.350 e. The molecule has 0 amide bonds. The third-order valence-electron chi connectivity index (χ3n) is 8.88. The number of ether oxygens (including phenoxy) is 3. The zero-order valence-corrected chi connectivity index (χ0v) is 27.9. The Kier molecular flexibility index (Phi) is 10.2. The van der Waals surface area contributed by atoms with Crippen molar-refractivity contribution in [3.63, 3.8) is 0 Å². The summed E-state index contributed by atoms with van der Waals surface area (Å²) < 4.78 is 21.9. The van der Waals surface area contributed by atoms with Crippen molar-refractivity contribution < 1.29 is 14.2 Å². The summed E-state index contributed by atoms with van der Waals surface area (Å²) in [6.07, 6.45) is 13.1. The van der Waals surface area contributed by atoms with Crippen LogP contribution in [0.3, 0.4) is 0 Å². The van der Waals surface area contributed by atoms with Gasteiger partial charge in [-0.3, -0.25) is 0 Å².